The Kier molecular flexibility index (Phi) is 6.13. The second-order valence-corrected chi connectivity index (χ2v) is 10.2. The second-order valence-electron chi connectivity index (χ2n) is 10.2. The molecule has 1 aliphatic heterocycles. The van der Waals surface area contributed by atoms with Gasteiger partial charge in [0.05, 0.1) is 41.7 Å². The van der Waals surface area contributed by atoms with E-state index in [2.05, 4.69) is 25.1 Å². The zero-order valence-corrected chi connectivity index (χ0v) is 21.0. The predicted molar refractivity (Wildman–Crippen MR) is 137 cm³/mol. The van der Waals surface area contributed by atoms with Crippen molar-refractivity contribution in [1.82, 2.24) is 29.5 Å². The Morgan fingerprint density at radius 3 is 2.65 bits per heavy atom. The molecule has 10 nitrogen and oxygen atoms in total. The Morgan fingerprint density at radius 1 is 1.05 bits per heavy atom. The average molecular weight is 502 g/mol. The summed E-state index contributed by atoms with van der Waals surface area (Å²) in [6.07, 6.45) is 13.3. The van der Waals surface area contributed by atoms with Gasteiger partial charge in [0, 0.05) is 37.6 Å². The minimum absolute atomic E-state index is 0.346. The van der Waals surface area contributed by atoms with Crippen LogP contribution < -0.4 is 10.1 Å². The Morgan fingerprint density at radius 2 is 1.86 bits per heavy atom. The van der Waals surface area contributed by atoms with Crippen molar-refractivity contribution in [3.8, 4) is 17.2 Å². The maximum Gasteiger partial charge on any atom is 0.168 e. The lowest BCUT2D eigenvalue weighted by Gasteiger charge is -2.21. The van der Waals surface area contributed by atoms with Crippen molar-refractivity contribution >= 4 is 11.5 Å². The molecule has 192 valence electrons. The van der Waals surface area contributed by atoms with Crippen molar-refractivity contribution in [2.45, 2.75) is 57.1 Å². The van der Waals surface area contributed by atoms with Crippen LogP contribution in [0.1, 0.15) is 62.9 Å². The van der Waals surface area contributed by atoms with E-state index in [1.165, 1.54) is 12.8 Å². The third-order valence-electron chi connectivity index (χ3n) is 6.70. The quantitative estimate of drug-likeness (QED) is 0.352. The van der Waals surface area contributed by atoms with Crippen molar-refractivity contribution in [3.05, 3.63) is 66.6 Å². The minimum atomic E-state index is -1.03. The van der Waals surface area contributed by atoms with Crippen LogP contribution in [0.15, 0.2) is 55.2 Å². The van der Waals surface area contributed by atoms with Crippen LogP contribution in [0.5, 0.6) is 11.5 Å². The second kappa shape index (κ2) is 9.60. The first-order valence-electron chi connectivity index (χ1n) is 12.7. The highest BCUT2D eigenvalue weighted by Crippen LogP contribution is 2.40. The van der Waals surface area contributed by atoms with E-state index in [1.807, 2.05) is 36.7 Å². The maximum absolute atomic E-state index is 10.3. The lowest BCUT2D eigenvalue weighted by molar-refractivity contribution is 0.0738. The summed E-state index contributed by atoms with van der Waals surface area (Å²) in [5.41, 5.74) is 2.14. The van der Waals surface area contributed by atoms with Crippen LogP contribution in [0.3, 0.4) is 0 Å². The van der Waals surface area contributed by atoms with E-state index in [-0.39, 0.29) is 0 Å². The zero-order chi connectivity index (χ0) is 25.4. The van der Waals surface area contributed by atoms with E-state index < -0.39 is 5.60 Å². The van der Waals surface area contributed by atoms with Gasteiger partial charge in [-0.1, -0.05) is 0 Å². The molecule has 1 saturated heterocycles. The Hall–Kier alpha value is -3.76. The first-order chi connectivity index (χ1) is 17.9. The minimum Gasteiger partial charge on any atom is -0.454 e. The first-order valence-corrected chi connectivity index (χ1v) is 12.7. The van der Waals surface area contributed by atoms with E-state index in [0.717, 1.165) is 48.9 Å². The van der Waals surface area contributed by atoms with Gasteiger partial charge in [-0.3, -0.25) is 9.67 Å². The van der Waals surface area contributed by atoms with Gasteiger partial charge < -0.3 is 19.9 Å². The van der Waals surface area contributed by atoms with Crippen LogP contribution >= 0.6 is 0 Å². The number of ether oxygens (including phenoxy) is 2. The van der Waals surface area contributed by atoms with E-state index >= 15 is 0 Å². The average Bonchev–Trinajstić information content (AvgIpc) is 3.50. The number of nitrogens with one attached hydrogen (secondary N) is 1. The van der Waals surface area contributed by atoms with E-state index in [9.17, 15) is 5.11 Å². The number of rotatable bonds is 8. The van der Waals surface area contributed by atoms with Crippen LogP contribution in [0, 0.1) is 0 Å². The number of aliphatic hydroxyl groups is 1. The summed E-state index contributed by atoms with van der Waals surface area (Å²) in [5.74, 6) is 2.49. The van der Waals surface area contributed by atoms with Crippen LogP contribution in [0.4, 0.5) is 11.5 Å². The van der Waals surface area contributed by atoms with Crippen LogP contribution in [-0.2, 0) is 10.3 Å². The molecule has 1 saturated carbocycles. The number of aromatic nitrogens is 6. The molecule has 37 heavy (non-hydrogen) atoms. The summed E-state index contributed by atoms with van der Waals surface area (Å²) in [6, 6.07) is 7.88. The summed E-state index contributed by atoms with van der Waals surface area (Å²) >= 11 is 0. The van der Waals surface area contributed by atoms with Gasteiger partial charge in [0.15, 0.2) is 5.75 Å². The van der Waals surface area contributed by atoms with Gasteiger partial charge in [-0.25, -0.2) is 9.67 Å². The summed E-state index contributed by atoms with van der Waals surface area (Å²) in [6.45, 7) is 4.94. The third kappa shape index (κ3) is 5.35. The SMILES string of the molecule is CC(C)(O)c1cc(-n2cc(Nc3cc(Oc4cn(C5CC5)nc4C4CCOCC4)ccn3)cn2)ccn1. The molecule has 0 aromatic carbocycles. The Balaban J connectivity index is 1.19. The topological polar surface area (TPSA) is 112 Å². The molecular formula is C27H31N7O3. The zero-order valence-electron chi connectivity index (χ0n) is 21.0. The smallest absolute Gasteiger partial charge is 0.168 e. The summed E-state index contributed by atoms with van der Waals surface area (Å²) in [4.78, 5) is 8.71. The fourth-order valence-corrected chi connectivity index (χ4v) is 4.49. The highest BCUT2D eigenvalue weighted by Gasteiger charge is 2.30. The molecule has 4 aromatic rings. The molecule has 0 unspecified atom stereocenters. The van der Waals surface area contributed by atoms with Gasteiger partial charge in [0.1, 0.15) is 22.9 Å². The molecule has 2 aliphatic rings. The lowest BCUT2D eigenvalue weighted by Crippen LogP contribution is -2.17. The Bertz CT molecular complexity index is 1380. The van der Waals surface area contributed by atoms with Crippen molar-refractivity contribution in [1.29, 1.82) is 0 Å². The maximum atomic E-state index is 10.3. The molecule has 0 atom stereocenters. The third-order valence-corrected chi connectivity index (χ3v) is 6.70. The molecule has 4 aromatic heterocycles. The fraction of sp³-hybridized carbons (Fsp3) is 0.407. The number of pyridine rings is 2. The van der Waals surface area contributed by atoms with Gasteiger partial charge in [-0.15, -0.1) is 0 Å². The van der Waals surface area contributed by atoms with Gasteiger partial charge in [0.2, 0.25) is 0 Å². The molecule has 1 aliphatic carbocycles. The molecule has 0 spiro atoms. The van der Waals surface area contributed by atoms with Crippen LogP contribution in [0.2, 0.25) is 0 Å². The van der Waals surface area contributed by atoms with Gasteiger partial charge in [-0.2, -0.15) is 10.2 Å². The molecule has 6 rings (SSSR count). The number of hydrogen-bond acceptors (Lipinski definition) is 8. The van der Waals surface area contributed by atoms with E-state index in [4.69, 9.17) is 14.6 Å². The van der Waals surface area contributed by atoms with Gasteiger partial charge in [-0.05, 0) is 57.7 Å². The molecule has 0 radical (unpaired) electrons. The number of hydrogen-bond donors (Lipinski definition) is 2. The normalized spacial score (nSPS) is 16.6. The molecular weight excluding hydrogens is 470 g/mol. The van der Waals surface area contributed by atoms with Crippen LogP contribution in [0.25, 0.3) is 5.69 Å². The van der Waals surface area contributed by atoms with E-state index in [0.29, 0.717) is 29.2 Å². The van der Waals surface area contributed by atoms with Crippen molar-refractivity contribution < 1.29 is 14.6 Å². The largest absolute Gasteiger partial charge is 0.454 e. The highest BCUT2D eigenvalue weighted by molar-refractivity contribution is 5.56. The fourth-order valence-electron chi connectivity index (χ4n) is 4.49. The van der Waals surface area contributed by atoms with E-state index in [1.54, 1.807) is 37.1 Å². The molecule has 2 N–H and O–H groups in total. The molecule has 2 fully saturated rings. The standard InChI is InChI=1S/C27H31N7O3/c1-27(2,35)24-13-21(5-9-28-24)33-16-19(15-30-33)31-25-14-22(6-10-29-25)37-23-17-34(20-3-4-20)32-26(23)18-7-11-36-12-8-18/h5-6,9-10,13-18,20,35H,3-4,7-8,11-12H2,1-2H3,(H,29,31). The monoisotopic (exact) mass is 501 g/mol. The summed E-state index contributed by atoms with van der Waals surface area (Å²) in [7, 11) is 0. The summed E-state index contributed by atoms with van der Waals surface area (Å²) < 4.78 is 15.7. The van der Waals surface area contributed by atoms with Crippen LogP contribution in [-0.4, -0.2) is 47.8 Å². The summed E-state index contributed by atoms with van der Waals surface area (Å²) in [5, 5.41) is 22.9. The molecule has 10 heteroatoms. The van der Waals surface area contributed by atoms with Crippen molar-refractivity contribution in [3.63, 3.8) is 0 Å². The van der Waals surface area contributed by atoms with Gasteiger partial charge >= 0.3 is 0 Å². The van der Waals surface area contributed by atoms with Crippen molar-refractivity contribution in [2.75, 3.05) is 18.5 Å². The van der Waals surface area contributed by atoms with Gasteiger partial charge in [0.25, 0.3) is 0 Å². The predicted octanol–water partition coefficient (Wildman–Crippen LogP) is 4.85. The lowest BCUT2D eigenvalue weighted by atomic mass is 9.96. The molecule has 5 heterocycles. The number of nitrogens with zero attached hydrogens (tertiary/aromatic N) is 6. The highest BCUT2D eigenvalue weighted by atomic mass is 16.5. The molecule has 0 amide bonds. The Labute approximate surface area is 215 Å². The molecule has 0 bridgehead atoms. The number of anilines is 2. The van der Waals surface area contributed by atoms with Crippen molar-refractivity contribution in [2.24, 2.45) is 0 Å². The first kappa shape index (κ1) is 23.6.